The molecule has 12 heteroatoms. The number of imide groups is 1. The number of ether oxygens (including phenoxy) is 1. The molecule has 1 aromatic heterocycles. The second kappa shape index (κ2) is 13.6. The third kappa shape index (κ3) is 7.16. The van der Waals surface area contributed by atoms with Gasteiger partial charge >= 0.3 is 7.12 Å². The molecule has 3 aliphatic heterocycles. The smallest absolute Gasteiger partial charge is 0.493 e. The molecular weight excluding hydrogens is 609 g/mol. The van der Waals surface area contributed by atoms with Crippen molar-refractivity contribution in [3.8, 4) is 5.75 Å². The molecule has 2 N–H and O–H groups in total. The topological polar surface area (TPSA) is 124 Å². The number of rotatable bonds is 10. The van der Waals surface area contributed by atoms with Crippen molar-refractivity contribution in [3.63, 3.8) is 0 Å². The SMILES string of the molecule is Cc1c(OCCCC2CCN(CC(=O)Nc3ccc4c(C5CCC(=O)NC5=O)nn(C)c4c3)CC2)cccc1B1OC(C)(C)C(C)(C)O1. The van der Waals surface area contributed by atoms with Crippen LogP contribution in [0.25, 0.3) is 10.9 Å². The number of amides is 3. The highest BCUT2D eigenvalue weighted by molar-refractivity contribution is 6.62. The summed E-state index contributed by atoms with van der Waals surface area (Å²) in [5, 5.41) is 10.9. The molecular formula is C36H48BN5O6. The number of nitrogens with one attached hydrogen (secondary N) is 2. The number of nitrogens with zero attached hydrogens (tertiary/aromatic N) is 3. The van der Waals surface area contributed by atoms with Crippen molar-refractivity contribution in [1.82, 2.24) is 20.0 Å². The maximum Gasteiger partial charge on any atom is 0.495 e. The number of piperidine rings is 2. The molecule has 1 unspecified atom stereocenters. The highest BCUT2D eigenvalue weighted by Crippen LogP contribution is 2.37. The van der Waals surface area contributed by atoms with Gasteiger partial charge in [0.2, 0.25) is 17.7 Å². The summed E-state index contributed by atoms with van der Waals surface area (Å²) < 4.78 is 20.5. The number of carbonyl (C=O) groups excluding carboxylic acids is 3. The van der Waals surface area contributed by atoms with Gasteiger partial charge in [-0.25, -0.2) is 0 Å². The quantitative estimate of drug-likeness (QED) is 0.189. The Morgan fingerprint density at radius 2 is 1.81 bits per heavy atom. The summed E-state index contributed by atoms with van der Waals surface area (Å²) in [6, 6.07) is 11.7. The first-order valence-electron chi connectivity index (χ1n) is 17.2. The van der Waals surface area contributed by atoms with Crippen molar-refractivity contribution in [3.05, 3.63) is 47.7 Å². The fraction of sp³-hybridized carbons (Fsp3) is 0.556. The van der Waals surface area contributed by atoms with Crippen LogP contribution in [0.1, 0.15) is 83.4 Å². The molecule has 3 aliphatic rings. The number of anilines is 1. The molecule has 3 aromatic rings. The Morgan fingerprint density at radius 1 is 1.08 bits per heavy atom. The van der Waals surface area contributed by atoms with Crippen molar-refractivity contribution < 1.29 is 28.4 Å². The average Bonchev–Trinajstić information content (AvgIpc) is 3.46. The molecule has 0 bridgehead atoms. The predicted octanol–water partition coefficient (Wildman–Crippen LogP) is 4.21. The molecule has 2 aromatic carbocycles. The summed E-state index contributed by atoms with van der Waals surface area (Å²) in [7, 11) is 1.41. The van der Waals surface area contributed by atoms with E-state index in [0.29, 0.717) is 43.3 Å². The van der Waals surface area contributed by atoms with Gasteiger partial charge in [0.15, 0.2) is 0 Å². The largest absolute Gasteiger partial charge is 0.495 e. The Bertz CT molecular complexity index is 1680. The van der Waals surface area contributed by atoms with Crippen LogP contribution in [0.2, 0.25) is 0 Å². The number of carbonyl (C=O) groups is 3. The van der Waals surface area contributed by atoms with Crippen molar-refractivity contribution in [2.24, 2.45) is 13.0 Å². The first-order chi connectivity index (χ1) is 22.8. The number of aromatic nitrogens is 2. The van der Waals surface area contributed by atoms with E-state index in [1.165, 1.54) is 0 Å². The molecule has 48 heavy (non-hydrogen) atoms. The summed E-state index contributed by atoms with van der Waals surface area (Å²) in [6.45, 7) is 13.1. The van der Waals surface area contributed by atoms with Gasteiger partial charge in [-0.1, -0.05) is 12.1 Å². The number of hydrogen-bond acceptors (Lipinski definition) is 8. The molecule has 0 spiro atoms. The predicted molar refractivity (Wildman–Crippen MR) is 185 cm³/mol. The molecule has 4 heterocycles. The zero-order valence-electron chi connectivity index (χ0n) is 29.1. The normalized spacial score (nSPS) is 21.5. The molecule has 0 saturated carbocycles. The lowest BCUT2D eigenvalue weighted by molar-refractivity contribution is -0.134. The first kappa shape index (κ1) is 34.1. The number of fused-ring (bicyclic) bond motifs is 1. The van der Waals surface area contributed by atoms with E-state index in [-0.39, 0.29) is 28.9 Å². The lowest BCUT2D eigenvalue weighted by Crippen LogP contribution is -2.41. The first-order valence-corrected chi connectivity index (χ1v) is 17.2. The van der Waals surface area contributed by atoms with E-state index in [9.17, 15) is 14.4 Å². The van der Waals surface area contributed by atoms with Gasteiger partial charge in [0.25, 0.3) is 0 Å². The second-order valence-corrected chi connectivity index (χ2v) is 14.6. The van der Waals surface area contributed by atoms with E-state index in [4.69, 9.17) is 14.0 Å². The Balaban J connectivity index is 0.933. The van der Waals surface area contributed by atoms with E-state index in [2.05, 4.69) is 61.3 Å². The lowest BCUT2D eigenvalue weighted by atomic mass is 9.76. The van der Waals surface area contributed by atoms with Crippen LogP contribution in [0, 0.1) is 12.8 Å². The molecule has 3 amide bonds. The molecule has 1 atom stereocenters. The number of hydrogen-bond donors (Lipinski definition) is 2. The standard InChI is InChI=1S/C36H48BN5O6/c1-23-28(37-47-35(2,3)36(4,5)48-37)10-7-11-30(23)46-20-8-9-24-16-18-42(19-17-24)22-32(44)38-25-12-13-26-29(21-25)41(6)40-33(26)27-14-15-31(43)39-34(27)45/h7,10-13,21,24,27H,8-9,14-20,22H2,1-6H3,(H,38,44)(H,39,43,45). The highest BCUT2D eigenvalue weighted by Gasteiger charge is 2.52. The van der Waals surface area contributed by atoms with Crippen molar-refractivity contribution in [2.45, 2.75) is 90.3 Å². The van der Waals surface area contributed by atoms with Crippen LogP contribution in [-0.2, 0) is 30.7 Å². The summed E-state index contributed by atoms with van der Waals surface area (Å²) in [4.78, 5) is 39.2. The maximum atomic E-state index is 13.0. The minimum absolute atomic E-state index is 0.0492. The Hall–Kier alpha value is -3.74. The van der Waals surface area contributed by atoms with Crippen molar-refractivity contribution in [2.75, 3.05) is 31.6 Å². The van der Waals surface area contributed by atoms with E-state index in [1.807, 2.05) is 37.4 Å². The van der Waals surface area contributed by atoms with Gasteiger partial charge in [-0.2, -0.15) is 5.10 Å². The van der Waals surface area contributed by atoms with E-state index in [0.717, 1.165) is 66.5 Å². The van der Waals surface area contributed by atoms with Crippen LogP contribution in [-0.4, -0.2) is 77.0 Å². The molecule has 3 saturated heterocycles. The average molecular weight is 658 g/mol. The van der Waals surface area contributed by atoms with Gasteiger partial charge < -0.3 is 19.4 Å². The summed E-state index contributed by atoms with van der Waals surface area (Å²) in [5.41, 5.74) is 3.47. The van der Waals surface area contributed by atoms with Gasteiger partial charge in [0.05, 0.1) is 41.5 Å². The number of aryl methyl sites for hydroxylation is 1. The van der Waals surface area contributed by atoms with Gasteiger partial charge in [-0.15, -0.1) is 0 Å². The summed E-state index contributed by atoms with van der Waals surface area (Å²) >= 11 is 0. The number of benzene rings is 2. The maximum absolute atomic E-state index is 13.0. The molecule has 6 rings (SSSR count). The molecule has 0 aliphatic carbocycles. The minimum Gasteiger partial charge on any atom is -0.493 e. The van der Waals surface area contributed by atoms with Crippen LogP contribution in [0.5, 0.6) is 5.75 Å². The monoisotopic (exact) mass is 657 g/mol. The fourth-order valence-electron chi connectivity index (χ4n) is 6.98. The van der Waals surface area contributed by atoms with Crippen LogP contribution in [0.3, 0.4) is 0 Å². The highest BCUT2D eigenvalue weighted by atomic mass is 16.7. The van der Waals surface area contributed by atoms with Gasteiger partial charge in [-0.3, -0.25) is 29.3 Å². The third-order valence-corrected chi connectivity index (χ3v) is 10.7. The molecule has 0 radical (unpaired) electrons. The third-order valence-electron chi connectivity index (χ3n) is 10.7. The Labute approximate surface area is 283 Å². The van der Waals surface area contributed by atoms with Crippen molar-refractivity contribution in [1.29, 1.82) is 0 Å². The zero-order chi connectivity index (χ0) is 34.2. The van der Waals surface area contributed by atoms with Gasteiger partial charge in [0, 0.05) is 24.5 Å². The summed E-state index contributed by atoms with van der Waals surface area (Å²) in [6.07, 6.45) is 4.95. The van der Waals surface area contributed by atoms with Crippen LogP contribution in [0.15, 0.2) is 36.4 Å². The van der Waals surface area contributed by atoms with Crippen molar-refractivity contribution >= 4 is 46.9 Å². The van der Waals surface area contributed by atoms with Crippen LogP contribution < -0.4 is 20.8 Å². The molecule has 256 valence electrons. The molecule has 3 fully saturated rings. The summed E-state index contributed by atoms with van der Waals surface area (Å²) in [5.74, 6) is 0.430. The Kier molecular flexibility index (Phi) is 9.70. The fourth-order valence-corrected chi connectivity index (χ4v) is 6.98. The molecule has 11 nitrogen and oxygen atoms in total. The van der Waals surface area contributed by atoms with E-state index < -0.39 is 13.0 Å². The minimum atomic E-state index is -0.461. The van der Waals surface area contributed by atoms with Gasteiger partial charge in [-0.05, 0) is 121 Å². The van der Waals surface area contributed by atoms with E-state index >= 15 is 0 Å². The van der Waals surface area contributed by atoms with E-state index in [1.54, 1.807) is 4.68 Å². The van der Waals surface area contributed by atoms with Gasteiger partial charge in [0.1, 0.15) is 5.75 Å². The zero-order valence-corrected chi connectivity index (χ0v) is 29.1. The second-order valence-electron chi connectivity index (χ2n) is 14.6. The number of likely N-dealkylation sites (tertiary alicyclic amines) is 1. The van der Waals surface area contributed by atoms with Crippen LogP contribution >= 0.6 is 0 Å². The van der Waals surface area contributed by atoms with Crippen LogP contribution in [0.4, 0.5) is 5.69 Å². The lowest BCUT2D eigenvalue weighted by Gasteiger charge is -2.32. The Morgan fingerprint density at radius 3 is 2.52 bits per heavy atom.